The van der Waals surface area contributed by atoms with Gasteiger partial charge in [0, 0.05) is 0 Å². The summed E-state index contributed by atoms with van der Waals surface area (Å²) >= 11 is 0. The van der Waals surface area contributed by atoms with E-state index >= 15 is 0 Å². The molecule has 0 radical (unpaired) electrons. The Hall–Kier alpha value is -2.60. The van der Waals surface area contributed by atoms with Gasteiger partial charge in [0.15, 0.2) is 0 Å². The van der Waals surface area contributed by atoms with E-state index in [4.69, 9.17) is 0 Å². The van der Waals surface area contributed by atoms with Gasteiger partial charge in [0.2, 0.25) is 0 Å². The molecule has 2 aromatic carbocycles. The topological polar surface area (TPSA) is 64.0 Å². The predicted molar refractivity (Wildman–Crippen MR) is 114 cm³/mol. The van der Waals surface area contributed by atoms with Crippen LogP contribution in [-0.2, 0) is 10.0 Å². The maximum Gasteiger partial charge on any atom is 0.262 e. The summed E-state index contributed by atoms with van der Waals surface area (Å²) < 4.78 is 31.3. The Labute approximate surface area is 167 Å². The zero-order chi connectivity index (χ0) is 20.8. The molecular weight excluding hydrogens is 370 g/mol. The Bertz CT molecular complexity index is 1130. The highest BCUT2D eigenvalue weighted by Gasteiger charge is 2.26. The smallest absolute Gasteiger partial charge is 0.262 e. The van der Waals surface area contributed by atoms with Crippen LogP contribution in [0, 0.1) is 48.5 Å². The van der Waals surface area contributed by atoms with Crippen molar-refractivity contribution < 1.29 is 8.42 Å². The molecule has 6 heteroatoms. The predicted octanol–water partition coefficient (Wildman–Crippen LogP) is 4.83. The average molecular weight is 398 g/mol. The summed E-state index contributed by atoms with van der Waals surface area (Å²) in [6.07, 6.45) is 0. The van der Waals surface area contributed by atoms with Crippen LogP contribution in [0.4, 0.5) is 5.69 Å². The molecule has 0 fully saturated rings. The molecule has 1 aromatic heterocycles. The molecule has 5 nitrogen and oxygen atoms in total. The number of benzene rings is 2. The molecule has 148 valence electrons. The number of para-hydroxylation sites is 1. The number of hydrogen-bond acceptors (Lipinski definition) is 3. The highest BCUT2D eigenvalue weighted by molar-refractivity contribution is 7.92. The molecule has 28 heavy (non-hydrogen) atoms. The van der Waals surface area contributed by atoms with E-state index in [1.54, 1.807) is 4.68 Å². The second kappa shape index (κ2) is 7.09. The van der Waals surface area contributed by atoms with Crippen molar-refractivity contribution in [1.29, 1.82) is 0 Å². The van der Waals surface area contributed by atoms with E-state index in [2.05, 4.69) is 9.82 Å². The van der Waals surface area contributed by atoms with E-state index in [1.165, 1.54) is 0 Å². The first-order valence-electron chi connectivity index (χ1n) is 9.27. The number of aryl methyl sites for hydroxylation is 1. The number of nitrogens with one attached hydrogen (secondary N) is 1. The standard InChI is InChI=1S/C22H27N3O2S/c1-13-14(2)16(4)22(17(5)15(13)3)28(26,27)24-21-18(6)23-25(19(21)7)20-11-9-8-10-12-20/h8-12,24H,1-7H3. The minimum atomic E-state index is -3.75. The number of sulfonamides is 1. The lowest BCUT2D eigenvalue weighted by Gasteiger charge is -2.19. The molecule has 0 amide bonds. The van der Waals surface area contributed by atoms with E-state index < -0.39 is 10.0 Å². The van der Waals surface area contributed by atoms with Gasteiger partial charge < -0.3 is 0 Å². The lowest BCUT2D eigenvalue weighted by Crippen LogP contribution is -2.18. The Morgan fingerprint density at radius 1 is 0.786 bits per heavy atom. The van der Waals surface area contributed by atoms with Crippen molar-refractivity contribution in [3.05, 3.63) is 69.5 Å². The molecule has 0 aliphatic rings. The number of rotatable bonds is 4. The fourth-order valence-electron chi connectivity index (χ4n) is 3.67. The Morgan fingerprint density at radius 3 is 1.82 bits per heavy atom. The molecule has 0 saturated heterocycles. The van der Waals surface area contributed by atoms with Crippen LogP contribution in [0.1, 0.15) is 39.2 Å². The first-order valence-corrected chi connectivity index (χ1v) is 10.8. The summed E-state index contributed by atoms with van der Waals surface area (Å²) in [5.74, 6) is 0. The lowest BCUT2D eigenvalue weighted by molar-refractivity contribution is 0.599. The summed E-state index contributed by atoms with van der Waals surface area (Å²) in [5.41, 5.74) is 7.55. The summed E-state index contributed by atoms with van der Waals surface area (Å²) in [5, 5.41) is 4.54. The van der Waals surface area contributed by atoms with Crippen molar-refractivity contribution in [3.63, 3.8) is 0 Å². The van der Waals surface area contributed by atoms with E-state index in [-0.39, 0.29) is 0 Å². The second-order valence-electron chi connectivity index (χ2n) is 7.35. The fraction of sp³-hybridized carbons (Fsp3) is 0.318. The molecule has 0 unspecified atom stereocenters. The van der Waals surface area contributed by atoms with Gasteiger partial charge in [0.05, 0.1) is 27.7 Å². The highest BCUT2D eigenvalue weighted by atomic mass is 32.2. The molecule has 0 aliphatic carbocycles. The minimum Gasteiger partial charge on any atom is -0.276 e. The normalized spacial score (nSPS) is 11.7. The van der Waals surface area contributed by atoms with Crippen LogP contribution in [0.2, 0.25) is 0 Å². The minimum absolute atomic E-state index is 0.361. The van der Waals surface area contributed by atoms with E-state index in [0.717, 1.165) is 39.2 Å². The van der Waals surface area contributed by atoms with Gasteiger partial charge in [-0.25, -0.2) is 13.1 Å². The molecule has 3 aromatic rings. The molecule has 0 spiro atoms. The van der Waals surface area contributed by atoms with E-state index in [9.17, 15) is 8.42 Å². The summed E-state index contributed by atoms with van der Waals surface area (Å²) in [6, 6.07) is 9.68. The van der Waals surface area contributed by atoms with E-state index in [0.29, 0.717) is 16.3 Å². The third-order valence-corrected chi connectivity index (χ3v) is 7.35. The zero-order valence-electron chi connectivity index (χ0n) is 17.5. The molecule has 1 N–H and O–H groups in total. The van der Waals surface area contributed by atoms with Gasteiger partial charge in [0.25, 0.3) is 10.0 Å². The Balaban J connectivity index is 2.12. The largest absolute Gasteiger partial charge is 0.276 e. The quantitative estimate of drug-likeness (QED) is 0.686. The van der Waals surface area contributed by atoms with Crippen molar-refractivity contribution >= 4 is 15.7 Å². The highest BCUT2D eigenvalue weighted by Crippen LogP contribution is 2.32. The van der Waals surface area contributed by atoms with Crippen LogP contribution in [0.3, 0.4) is 0 Å². The van der Waals surface area contributed by atoms with Crippen LogP contribution in [0.15, 0.2) is 35.2 Å². The summed E-state index contributed by atoms with van der Waals surface area (Å²) in [6.45, 7) is 13.4. The molecule has 0 atom stereocenters. The van der Waals surface area contributed by atoms with Crippen LogP contribution in [-0.4, -0.2) is 18.2 Å². The first kappa shape index (κ1) is 20.1. The molecule has 1 heterocycles. The molecule has 0 bridgehead atoms. The average Bonchev–Trinajstić information content (AvgIpc) is 2.93. The van der Waals surface area contributed by atoms with Crippen LogP contribution in [0.5, 0.6) is 0 Å². The number of hydrogen-bond donors (Lipinski definition) is 1. The fourth-order valence-corrected chi connectivity index (χ4v) is 5.44. The van der Waals surface area contributed by atoms with Crippen molar-refractivity contribution in [2.45, 2.75) is 53.4 Å². The monoisotopic (exact) mass is 397 g/mol. The summed E-state index contributed by atoms with van der Waals surface area (Å²) in [4.78, 5) is 0.361. The van der Waals surface area contributed by atoms with Crippen molar-refractivity contribution in [2.75, 3.05) is 4.72 Å². The lowest BCUT2D eigenvalue weighted by atomic mass is 9.95. The van der Waals surface area contributed by atoms with Gasteiger partial charge in [-0.3, -0.25) is 4.72 Å². The van der Waals surface area contributed by atoms with Crippen molar-refractivity contribution in [2.24, 2.45) is 0 Å². The second-order valence-corrected chi connectivity index (χ2v) is 8.97. The maximum atomic E-state index is 13.4. The van der Waals surface area contributed by atoms with Crippen LogP contribution < -0.4 is 4.72 Å². The third kappa shape index (κ3) is 3.22. The maximum absolute atomic E-state index is 13.4. The third-order valence-electron chi connectivity index (χ3n) is 5.73. The first-order chi connectivity index (χ1) is 13.1. The zero-order valence-corrected chi connectivity index (χ0v) is 18.3. The number of nitrogens with zero attached hydrogens (tertiary/aromatic N) is 2. The number of anilines is 1. The number of aromatic nitrogens is 2. The molecule has 0 saturated carbocycles. The van der Waals surface area contributed by atoms with Crippen LogP contribution >= 0.6 is 0 Å². The van der Waals surface area contributed by atoms with Gasteiger partial charge in [-0.1, -0.05) is 18.2 Å². The SMILES string of the molecule is Cc1nn(-c2ccccc2)c(C)c1NS(=O)(=O)c1c(C)c(C)c(C)c(C)c1C. The van der Waals surface area contributed by atoms with Gasteiger partial charge in [-0.15, -0.1) is 0 Å². The Morgan fingerprint density at radius 2 is 1.29 bits per heavy atom. The van der Waals surface area contributed by atoms with Gasteiger partial charge in [0.1, 0.15) is 0 Å². The van der Waals surface area contributed by atoms with Gasteiger partial charge in [-0.2, -0.15) is 5.10 Å². The summed E-state index contributed by atoms with van der Waals surface area (Å²) in [7, 11) is -3.75. The van der Waals surface area contributed by atoms with Crippen molar-refractivity contribution in [1.82, 2.24) is 9.78 Å². The van der Waals surface area contributed by atoms with Crippen LogP contribution in [0.25, 0.3) is 5.69 Å². The molecule has 0 aliphatic heterocycles. The van der Waals surface area contributed by atoms with Crippen molar-refractivity contribution in [3.8, 4) is 5.69 Å². The molecular formula is C22H27N3O2S. The van der Waals surface area contributed by atoms with E-state index in [1.807, 2.05) is 78.8 Å². The Kier molecular flexibility index (Phi) is 5.10. The molecule has 3 rings (SSSR count). The van der Waals surface area contributed by atoms with Gasteiger partial charge in [-0.05, 0) is 88.4 Å². The van der Waals surface area contributed by atoms with Gasteiger partial charge >= 0.3 is 0 Å².